The molecule has 0 heterocycles. The van der Waals surface area contributed by atoms with Gasteiger partial charge in [0.15, 0.2) is 18.2 Å². The maximum atomic E-state index is 13.0. The molecule has 0 saturated carbocycles. The first-order valence-corrected chi connectivity index (χ1v) is 10.9. The van der Waals surface area contributed by atoms with Gasteiger partial charge in [-0.15, -0.1) is 11.8 Å². The molecule has 0 fully saturated rings. The Kier molecular flexibility index (Phi) is 5.89. The summed E-state index contributed by atoms with van der Waals surface area (Å²) in [5.74, 6) is -2.91. The zero-order chi connectivity index (χ0) is 23.7. The van der Waals surface area contributed by atoms with Gasteiger partial charge in [0.05, 0.1) is 4.92 Å². The Morgan fingerprint density at radius 1 is 0.909 bits per heavy atom. The molecule has 0 saturated heterocycles. The van der Waals surface area contributed by atoms with Crippen LogP contribution in [0.1, 0.15) is 52.6 Å². The van der Waals surface area contributed by atoms with Gasteiger partial charge in [-0.1, -0.05) is 36.4 Å². The fourth-order valence-corrected chi connectivity index (χ4v) is 4.00. The normalized spacial score (nSPS) is 12.0. The van der Waals surface area contributed by atoms with E-state index < -0.39 is 51.7 Å². The smallest absolute Gasteiger partial charge is 0.345 e. The number of hydrogen-bond donors (Lipinski definition) is 0. The molecule has 3 aromatic rings. The summed E-state index contributed by atoms with van der Waals surface area (Å²) in [6.45, 7) is -0.638. The molecular weight excluding hydrogens is 446 g/mol. The number of nitro groups is 1. The molecule has 3 aromatic carbocycles. The summed E-state index contributed by atoms with van der Waals surface area (Å²) in [7, 11) is 0. The highest BCUT2D eigenvalue weighted by molar-refractivity contribution is 7.98. The number of nitrogens with zero attached hydrogens (tertiary/aromatic N) is 1. The van der Waals surface area contributed by atoms with E-state index >= 15 is 0 Å². The number of carbonyl (C=O) groups excluding carboxylic acids is 4. The van der Waals surface area contributed by atoms with Crippen molar-refractivity contribution in [2.75, 3.05) is 12.9 Å². The minimum absolute atomic E-state index is 0.0208. The molecule has 0 spiro atoms. The summed E-state index contributed by atoms with van der Waals surface area (Å²) >= 11 is 1.50. The Balaban J connectivity index is 1.65. The van der Waals surface area contributed by atoms with Crippen molar-refractivity contribution in [3.63, 3.8) is 0 Å². The predicted octanol–water partition coefficient (Wildman–Crippen LogP) is 4.13. The number of esters is 1. The van der Waals surface area contributed by atoms with Crippen LogP contribution >= 0.6 is 11.8 Å². The number of ether oxygens (including phenoxy) is 1. The van der Waals surface area contributed by atoms with Crippen molar-refractivity contribution in [1.82, 2.24) is 0 Å². The Morgan fingerprint density at radius 3 is 2.15 bits per heavy atom. The van der Waals surface area contributed by atoms with Crippen LogP contribution < -0.4 is 0 Å². The van der Waals surface area contributed by atoms with Crippen LogP contribution in [0.2, 0.25) is 0 Å². The van der Waals surface area contributed by atoms with Gasteiger partial charge in [0.25, 0.3) is 5.69 Å². The van der Waals surface area contributed by atoms with Gasteiger partial charge in [0, 0.05) is 27.1 Å². The van der Waals surface area contributed by atoms with Crippen LogP contribution in [-0.2, 0) is 4.74 Å². The SMILES string of the molecule is CSc1ccc(C(=O)COC(=O)c2ccc3c(c2[N+](=O)[O-])C(=O)c2ccccc2C3=O)cc1. The Labute approximate surface area is 191 Å². The molecular formula is C24H15NO7S. The van der Waals surface area contributed by atoms with E-state index in [1.54, 1.807) is 30.3 Å². The second-order valence-electron chi connectivity index (χ2n) is 7.07. The van der Waals surface area contributed by atoms with E-state index in [9.17, 15) is 29.3 Å². The van der Waals surface area contributed by atoms with Gasteiger partial charge in [0.2, 0.25) is 5.78 Å². The third-order valence-electron chi connectivity index (χ3n) is 5.21. The summed E-state index contributed by atoms with van der Waals surface area (Å²) < 4.78 is 5.02. The maximum Gasteiger partial charge on any atom is 0.345 e. The van der Waals surface area contributed by atoms with Crippen molar-refractivity contribution in [3.05, 3.63) is 104 Å². The number of rotatable bonds is 6. The molecule has 4 rings (SSSR count). The van der Waals surface area contributed by atoms with Crippen molar-refractivity contribution in [1.29, 1.82) is 0 Å². The molecule has 0 unspecified atom stereocenters. The number of ketones is 3. The fraction of sp³-hybridized carbons (Fsp3) is 0.0833. The monoisotopic (exact) mass is 461 g/mol. The van der Waals surface area contributed by atoms with E-state index in [1.807, 2.05) is 6.26 Å². The topological polar surface area (TPSA) is 121 Å². The molecule has 1 aliphatic carbocycles. The van der Waals surface area contributed by atoms with Crippen LogP contribution in [0.25, 0.3) is 0 Å². The third kappa shape index (κ3) is 3.94. The van der Waals surface area contributed by atoms with Gasteiger partial charge >= 0.3 is 5.97 Å². The molecule has 1 aliphatic rings. The predicted molar refractivity (Wildman–Crippen MR) is 119 cm³/mol. The zero-order valence-corrected chi connectivity index (χ0v) is 18.0. The van der Waals surface area contributed by atoms with Crippen LogP contribution in [0, 0.1) is 10.1 Å². The van der Waals surface area contributed by atoms with Gasteiger partial charge in [0.1, 0.15) is 11.1 Å². The highest BCUT2D eigenvalue weighted by Gasteiger charge is 2.39. The molecule has 9 heteroatoms. The maximum absolute atomic E-state index is 13.0. The van der Waals surface area contributed by atoms with Gasteiger partial charge in [-0.05, 0) is 30.5 Å². The molecule has 0 N–H and O–H groups in total. The standard InChI is InChI=1S/C24H15NO7S/c1-33-14-8-6-13(7-9-14)19(26)12-32-24(29)18-11-10-17-20(21(18)25(30)31)23(28)16-5-3-2-4-15(16)22(17)27/h2-11H,12H2,1H3. The molecule has 0 atom stereocenters. The highest BCUT2D eigenvalue weighted by atomic mass is 32.2. The van der Waals surface area contributed by atoms with Crippen molar-refractivity contribution in [3.8, 4) is 0 Å². The molecule has 0 radical (unpaired) electrons. The number of carbonyl (C=O) groups is 4. The molecule has 33 heavy (non-hydrogen) atoms. The Morgan fingerprint density at radius 2 is 1.55 bits per heavy atom. The Hall–Kier alpha value is -4.11. The summed E-state index contributed by atoms with van der Waals surface area (Å²) in [6.07, 6.45) is 1.89. The first kappa shape index (κ1) is 22.1. The highest BCUT2D eigenvalue weighted by Crippen LogP contribution is 2.35. The van der Waals surface area contributed by atoms with Crippen LogP contribution in [0.3, 0.4) is 0 Å². The third-order valence-corrected chi connectivity index (χ3v) is 5.96. The molecule has 0 aliphatic heterocycles. The van der Waals surface area contributed by atoms with E-state index in [0.717, 1.165) is 11.0 Å². The van der Waals surface area contributed by atoms with Crippen molar-refractivity contribution >= 4 is 40.8 Å². The first-order valence-electron chi connectivity index (χ1n) is 9.67. The second-order valence-corrected chi connectivity index (χ2v) is 7.95. The fourth-order valence-electron chi connectivity index (χ4n) is 3.59. The summed E-state index contributed by atoms with van der Waals surface area (Å²) in [4.78, 5) is 62.7. The van der Waals surface area contributed by atoms with Crippen LogP contribution in [-0.4, -0.2) is 41.1 Å². The van der Waals surface area contributed by atoms with Crippen LogP contribution in [0.4, 0.5) is 5.69 Å². The largest absolute Gasteiger partial charge is 0.454 e. The molecule has 0 bridgehead atoms. The van der Waals surface area contributed by atoms with Gasteiger partial charge < -0.3 is 4.74 Å². The number of Topliss-reactive ketones (excluding diaryl/α,β-unsaturated/α-hetero) is 1. The minimum atomic E-state index is -1.14. The lowest BCUT2D eigenvalue weighted by atomic mass is 9.82. The summed E-state index contributed by atoms with van der Waals surface area (Å²) in [5, 5.41) is 11.8. The van der Waals surface area contributed by atoms with E-state index in [1.165, 1.54) is 36.0 Å². The van der Waals surface area contributed by atoms with Crippen molar-refractivity contribution in [2.45, 2.75) is 4.90 Å². The van der Waals surface area contributed by atoms with Crippen molar-refractivity contribution < 1.29 is 28.8 Å². The average molecular weight is 461 g/mol. The number of nitro benzene ring substituents is 1. The summed E-state index contributed by atoms with van der Waals surface area (Å²) in [5.41, 5.74) is -1.47. The van der Waals surface area contributed by atoms with Gasteiger partial charge in [-0.3, -0.25) is 24.5 Å². The van der Waals surface area contributed by atoms with Gasteiger partial charge in [-0.25, -0.2) is 4.79 Å². The first-order chi connectivity index (χ1) is 15.8. The molecule has 164 valence electrons. The molecule has 8 nitrogen and oxygen atoms in total. The van der Waals surface area contributed by atoms with E-state index in [2.05, 4.69) is 0 Å². The van der Waals surface area contributed by atoms with E-state index in [4.69, 9.17) is 4.74 Å². The summed E-state index contributed by atoms with van der Waals surface area (Å²) in [6, 6.07) is 14.9. The zero-order valence-electron chi connectivity index (χ0n) is 17.2. The number of fused-ring (bicyclic) bond motifs is 2. The number of hydrogen-bond acceptors (Lipinski definition) is 8. The van der Waals surface area contributed by atoms with E-state index in [-0.39, 0.29) is 16.7 Å². The van der Waals surface area contributed by atoms with Gasteiger partial charge in [-0.2, -0.15) is 0 Å². The number of benzene rings is 3. The number of thioether (sulfide) groups is 1. The minimum Gasteiger partial charge on any atom is -0.454 e. The second kappa shape index (κ2) is 8.79. The van der Waals surface area contributed by atoms with Crippen LogP contribution in [0.15, 0.2) is 65.6 Å². The quantitative estimate of drug-likeness (QED) is 0.138. The van der Waals surface area contributed by atoms with E-state index in [0.29, 0.717) is 5.56 Å². The average Bonchev–Trinajstić information content (AvgIpc) is 2.84. The lowest BCUT2D eigenvalue weighted by molar-refractivity contribution is -0.385. The van der Waals surface area contributed by atoms with Crippen LogP contribution in [0.5, 0.6) is 0 Å². The lowest BCUT2D eigenvalue weighted by Crippen LogP contribution is -2.24. The molecule has 0 aromatic heterocycles. The Bertz CT molecular complexity index is 1350. The molecule has 0 amide bonds. The van der Waals surface area contributed by atoms with Crippen molar-refractivity contribution in [2.24, 2.45) is 0 Å². The lowest BCUT2D eigenvalue weighted by Gasteiger charge is -2.18.